The minimum Gasteiger partial charge on any atom is -0.240 e. The Morgan fingerprint density at radius 1 is 1.73 bits per heavy atom. The summed E-state index contributed by atoms with van der Waals surface area (Å²) >= 11 is 5.58. The molecule has 0 spiro atoms. The fraction of sp³-hybridized carbons (Fsp3) is 0.167. The zero-order valence-corrected chi connectivity index (χ0v) is 6.46. The van der Waals surface area contributed by atoms with E-state index in [-0.39, 0.29) is 10.8 Å². The maximum atomic E-state index is 9.83. The molecule has 0 unspecified atom stereocenters. The molecule has 0 amide bonds. The summed E-state index contributed by atoms with van der Waals surface area (Å²) in [6.45, 7) is 1.68. The van der Waals surface area contributed by atoms with Crippen molar-refractivity contribution in [3.63, 3.8) is 0 Å². The van der Waals surface area contributed by atoms with Gasteiger partial charge in [0.25, 0.3) is 0 Å². The molecular formula is C6H4ClN3O. The highest BCUT2D eigenvalue weighted by Gasteiger charge is 1.99. The second-order valence-corrected chi connectivity index (χ2v) is 2.20. The van der Waals surface area contributed by atoms with Crippen molar-refractivity contribution in [2.75, 3.05) is 0 Å². The van der Waals surface area contributed by atoms with Gasteiger partial charge in [0, 0.05) is 0 Å². The van der Waals surface area contributed by atoms with Crippen LogP contribution in [0.3, 0.4) is 0 Å². The first-order valence-electron chi connectivity index (χ1n) is 2.81. The third-order valence-corrected chi connectivity index (χ3v) is 1.26. The Bertz CT molecular complexity index is 320. The average Bonchev–Trinajstić information content (AvgIpc) is 1.98. The van der Waals surface area contributed by atoms with Gasteiger partial charge in [0.05, 0.1) is 6.20 Å². The lowest BCUT2D eigenvalue weighted by atomic mass is 10.5. The maximum Gasteiger partial charge on any atom is 0.242 e. The molecular weight excluding hydrogens is 166 g/mol. The van der Waals surface area contributed by atoms with Crippen molar-refractivity contribution < 1.29 is 4.79 Å². The standard InChI is InChI=1S/C6H4ClN3O/c1-4-8-2-5(7)6(10-4)9-3-11/h2H,1H3. The first kappa shape index (κ1) is 7.85. The molecule has 1 heterocycles. The molecule has 0 fully saturated rings. The van der Waals surface area contributed by atoms with Gasteiger partial charge in [-0.05, 0) is 6.92 Å². The molecule has 1 rings (SSSR count). The molecule has 56 valence electrons. The number of aryl methyl sites for hydroxylation is 1. The molecule has 0 aliphatic rings. The van der Waals surface area contributed by atoms with Crippen molar-refractivity contribution in [1.82, 2.24) is 9.97 Å². The van der Waals surface area contributed by atoms with Crippen molar-refractivity contribution in [3.8, 4) is 0 Å². The van der Waals surface area contributed by atoms with E-state index in [0.29, 0.717) is 5.82 Å². The normalized spacial score (nSPS) is 8.91. The van der Waals surface area contributed by atoms with Crippen LogP contribution in [0.1, 0.15) is 5.82 Å². The molecule has 1 aromatic heterocycles. The second-order valence-electron chi connectivity index (χ2n) is 1.79. The number of hydrogen-bond donors (Lipinski definition) is 0. The highest BCUT2D eigenvalue weighted by atomic mass is 35.5. The molecule has 0 saturated heterocycles. The number of halogens is 1. The minimum absolute atomic E-state index is 0.161. The molecule has 0 aliphatic heterocycles. The van der Waals surface area contributed by atoms with Crippen LogP contribution in [0.4, 0.5) is 5.82 Å². The van der Waals surface area contributed by atoms with Crippen LogP contribution in [0, 0.1) is 6.92 Å². The van der Waals surface area contributed by atoms with Crippen molar-refractivity contribution in [1.29, 1.82) is 0 Å². The van der Waals surface area contributed by atoms with Gasteiger partial charge in [0.15, 0.2) is 5.82 Å². The number of nitrogens with zero attached hydrogens (tertiary/aromatic N) is 3. The van der Waals surface area contributed by atoms with Gasteiger partial charge in [-0.15, -0.1) is 4.99 Å². The maximum absolute atomic E-state index is 9.83. The highest BCUT2D eigenvalue weighted by molar-refractivity contribution is 6.32. The SMILES string of the molecule is Cc1ncc(Cl)c(N=C=O)n1. The lowest BCUT2D eigenvalue weighted by Gasteiger charge is -1.93. The van der Waals surface area contributed by atoms with Gasteiger partial charge >= 0.3 is 0 Å². The molecule has 0 aromatic carbocycles. The van der Waals surface area contributed by atoms with Crippen molar-refractivity contribution in [3.05, 3.63) is 17.0 Å². The van der Waals surface area contributed by atoms with Crippen LogP contribution < -0.4 is 0 Å². The summed E-state index contributed by atoms with van der Waals surface area (Å²) in [4.78, 5) is 20.7. The lowest BCUT2D eigenvalue weighted by molar-refractivity contribution is 0.565. The zero-order chi connectivity index (χ0) is 8.27. The van der Waals surface area contributed by atoms with Crippen LogP contribution in [-0.2, 0) is 4.79 Å². The molecule has 0 radical (unpaired) electrons. The van der Waals surface area contributed by atoms with Crippen LogP contribution in [0.5, 0.6) is 0 Å². The summed E-state index contributed by atoms with van der Waals surface area (Å²) in [5, 5.41) is 0.249. The van der Waals surface area contributed by atoms with Gasteiger partial charge in [0.1, 0.15) is 10.8 Å². The van der Waals surface area contributed by atoms with Gasteiger partial charge in [-0.1, -0.05) is 11.6 Å². The number of aromatic nitrogens is 2. The van der Waals surface area contributed by atoms with E-state index in [1.165, 1.54) is 12.3 Å². The summed E-state index contributed by atoms with van der Waals surface area (Å²) in [5.41, 5.74) is 0. The molecule has 0 N–H and O–H groups in total. The Morgan fingerprint density at radius 2 is 2.45 bits per heavy atom. The monoisotopic (exact) mass is 169 g/mol. The van der Waals surface area contributed by atoms with Gasteiger partial charge in [-0.3, -0.25) is 0 Å². The summed E-state index contributed by atoms with van der Waals surface area (Å²) in [7, 11) is 0. The number of isocyanates is 1. The van der Waals surface area contributed by atoms with Crippen LogP contribution in [-0.4, -0.2) is 16.0 Å². The average molecular weight is 170 g/mol. The van der Waals surface area contributed by atoms with E-state index in [0.717, 1.165) is 0 Å². The van der Waals surface area contributed by atoms with E-state index in [1.54, 1.807) is 6.92 Å². The largest absolute Gasteiger partial charge is 0.242 e. The van der Waals surface area contributed by atoms with Gasteiger partial charge < -0.3 is 0 Å². The molecule has 0 bridgehead atoms. The quantitative estimate of drug-likeness (QED) is 0.472. The molecule has 1 aromatic rings. The molecule has 0 atom stereocenters. The Hall–Kier alpha value is -1.25. The Kier molecular flexibility index (Phi) is 2.31. The topological polar surface area (TPSA) is 55.2 Å². The van der Waals surface area contributed by atoms with Crippen LogP contribution in [0.25, 0.3) is 0 Å². The van der Waals surface area contributed by atoms with E-state index >= 15 is 0 Å². The third-order valence-electron chi connectivity index (χ3n) is 0.998. The smallest absolute Gasteiger partial charge is 0.240 e. The lowest BCUT2D eigenvalue weighted by Crippen LogP contribution is -1.85. The Labute approximate surface area is 68.0 Å². The fourth-order valence-electron chi connectivity index (χ4n) is 0.565. The van der Waals surface area contributed by atoms with Gasteiger partial charge in [-0.25, -0.2) is 14.8 Å². The first-order chi connectivity index (χ1) is 5.24. The summed E-state index contributed by atoms with van der Waals surface area (Å²) in [6.07, 6.45) is 2.74. The van der Waals surface area contributed by atoms with E-state index in [2.05, 4.69) is 15.0 Å². The van der Waals surface area contributed by atoms with Crippen molar-refractivity contribution in [2.45, 2.75) is 6.92 Å². The number of aliphatic imine (C=N–C) groups is 1. The molecule has 0 aliphatic carbocycles. The first-order valence-corrected chi connectivity index (χ1v) is 3.19. The van der Waals surface area contributed by atoms with Gasteiger partial charge in [-0.2, -0.15) is 0 Å². The predicted molar refractivity (Wildman–Crippen MR) is 39.6 cm³/mol. The molecule has 11 heavy (non-hydrogen) atoms. The number of hydrogen-bond acceptors (Lipinski definition) is 4. The summed E-state index contributed by atoms with van der Waals surface area (Å²) in [6, 6.07) is 0. The minimum atomic E-state index is 0.161. The second kappa shape index (κ2) is 3.23. The van der Waals surface area contributed by atoms with E-state index < -0.39 is 0 Å². The van der Waals surface area contributed by atoms with Gasteiger partial charge in [0.2, 0.25) is 6.08 Å². The molecule has 4 nitrogen and oxygen atoms in total. The summed E-state index contributed by atoms with van der Waals surface area (Å²) in [5.74, 6) is 0.678. The van der Waals surface area contributed by atoms with E-state index in [4.69, 9.17) is 11.6 Å². The Morgan fingerprint density at radius 3 is 3.09 bits per heavy atom. The van der Waals surface area contributed by atoms with Crippen LogP contribution in [0.15, 0.2) is 11.2 Å². The fourth-order valence-corrected chi connectivity index (χ4v) is 0.698. The van der Waals surface area contributed by atoms with Crippen LogP contribution >= 0.6 is 11.6 Å². The summed E-state index contributed by atoms with van der Waals surface area (Å²) < 4.78 is 0. The highest BCUT2D eigenvalue weighted by Crippen LogP contribution is 2.19. The van der Waals surface area contributed by atoms with Crippen LogP contribution in [0.2, 0.25) is 5.02 Å². The van der Waals surface area contributed by atoms with Crippen molar-refractivity contribution >= 4 is 23.5 Å². The molecule has 5 heteroatoms. The third kappa shape index (κ3) is 1.83. The molecule has 0 saturated carbocycles. The number of rotatable bonds is 1. The van der Waals surface area contributed by atoms with E-state index in [1.807, 2.05) is 0 Å². The van der Waals surface area contributed by atoms with Crippen molar-refractivity contribution in [2.24, 2.45) is 4.99 Å². The predicted octanol–water partition coefficient (Wildman–Crippen LogP) is 1.41. The zero-order valence-electron chi connectivity index (χ0n) is 5.71. The Balaban J connectivity index is 3.22. The number of carbonyl (C=O) groups excluding carboxylic acids is 1. The van der Waals surface area contributed by atoms with E-state index in [9.17, 15) is 4.79 Å².